The summed E-state index contributed by atoms with van der Waals surface area (Å²) in [6, 6.07) is 80.2. The van der Waals surface area contributed by atoms with Crippen molar-refractivity contribution in [3.8, 4) is 33.4 Å². The summed E-state index contributed by atoms with van der Waals surface area (Å²) in [5.74, 6) is 0.0358. The highest BCUT2D eigenvalue weighted by molar-refractivity contribution is 7.99. The van der Waals surface area contributed by atoms with E-state index in [4.69, 9.17) is 0 Å². The highest BCUT2D eigenvalue weighted by Crippen LogP contribution is 2.53. The molecular formula is C55H38N2OS. The van der Waals surface area contributed by atoms with Crippen LogP contribution in [0.3, 0.4) is 0 Å². The molecule has 3 nitrogen and oxygen atoms in total. The van der Waals surface area contributed by atoms with Crippen molar-refractivity contribution in [3.05, 3.63) is 242 Å². The third-order valence-electron chi connectivity index (χ3n) is 10.9. The number of para-hydroxylation sites is 3. The van der Waals surface area contributed by atoms with E-state index in [2.05, 4.69) is 186 Å². The second kappa shape index (κ2) is 15.9. The van der Waals surface area contributed by atoms with Crippen LogP contribution in [0, 0.1) is 0 Å². The van der Waals surface area contributed by atoms with Gasteiger partial charge in [0.2, 0.25) is 0 Å². The molecule has 0 unspecified atom stereocenters. The molecule has 0 atom stereocenters. The van der Waals surface area contributed by atoms with Gasteiger partial charge in [-0.05, 0) is 100 Å². The number of rotatable bonds is 9. The summed E-state index contributed by atoms with van der Waals surface area (Å²) in [7, 11) is 0. The fourth-order valence-electron chi connectivity index (χ4n) is 7.85. The monoisotopic (exact) mass is 774 g/mol. The summed E-state index contributed by atoms with van der Waals surface area (Å²) in [5.41, 5.74) is 15.0. The molecule has 0 radical (unpaired) electrons. The summed E-state index contributed by atoms with van der Waals surface area (Å²) < 4.78 is 0. The third-order valence-corrected chi connectivity index (χ3v) is 12.0. The first-order valence-electron chi connectivity index (χ1n) is 19.8. The summed E-state index contributed by atoms with van der Waals surface area (Å²) in [4.78, 5) is 20.0. The average molecular weight is 775 g/mol. The largest absolute Gasteiger partial charge is 0.310 e. The van der Waals surface area contributed by atoms with E-state index in [1.54, 1.807) is 0 Å². The molecular weight excluding hydrogens is 737 g/mol. The molecule has 0 aliphatic carbocycles. The number of hydrogen-bond donors (Lipinski definition) is 0. The van der Waals surface area contributed by atoms with Gasteiger partial charge in [0.05, 0.1) is 11.4 Å². The molecule has 9 aromatic rings. The first-order chi connectivity index (χ1) is 29.2. The molecule has 0 bridgehead atoms. The van der Waals surface area contributed by atoms with Gasteiger partial charge in [-0.25, -0.2) is 0 Å². The van der Waals surface area contributed by atoms with E-state index >= 15 is 0 Å². The minimum Gasteiger partial charge on any atom is -0.310 e. The molecule has 0 N–H and O–H groups in total. The smallest absolute Gasteiger partial charge is 0.193 e. The standard InChI is InChI=1S/C55H38N2OS/c58-55(45-12-4-1-5-13-45)46-30-28-43(29-31-46)41-22-20-39(21-23-41)40-24-26-42(27-25-40)44-32-34-49(35-33-44)56(47-14-6-2-7-15-47)50-36-37-52-54(38-50)59-53-19-11-10-18-51(53)57(52)48-16-8-3-9-17-48/h1-38H. The highest BCUT2D eigenvalue weighted by atomic mass is 32.2. The Morgan fingerprint density at radius 3 is 1.34 bits per heavy atom. The van der Waals surface area contributed by atoms with Gasteiger partial charge in [-0.15, -0.1) is 0 Å². The van der Waals surface area contributed by atoms with E-state index < -0.39 is 0 Å². The van der Waals surface area contributed by atoms with Crippen LogP contribution in [0.5, 0.6) is 0 Å². The van der Waals surface area contributed by atoms with Crippen LogP contribution in [0.15, 0.2) is 240 Å². The van der Waals surface area contributed by atoms with Crippen LogP contribution in [0.25, 0.3) is 33.4 Å². The van der Waals surface area contributed by atoms with Crippen molar-refractivity contribution in [2.45, 2.75) is 9.79 Å². The Morgan fingerprint density at radius 1 is 0.356 bits per heavy atom. The van der Waals surface area contributed by atoms with Crippen LogP contribution in [0.2, 0.25) is 0 Å². The van der Waals surface area contributed by atoms with Gasteiger partial charge in [-0.3, -0.25) is 4.79 Å². The molecule has 0 aromatic heterocycles. The van der Waals surface area contributed by atoms with E-state index in [0.29, 0.717) is 11.1 Å². The molecule has 1 aliphatic rings. The summed E-state index contributed by atoms with van der Waals surface area (Å²) in [5, 5.41) is 0. The first kappa shape index (κ1) is 36.0. The van der Waals surface area contributed by atoms with E-state index in [0.717, 1.165) is 56.1 Å². The van der Waals surface area contributed by atoms with Gasteiger partial charge >= 0.3 is 0 Å². The number of fused-ring (bicyclic) bond motifs is 2. The lowest BCUT2D eigenvalue weighted by Gasteiger charge is -2.34. The Labute approximate surface area is 349 Å². The zero-order valence-corrected chi connectivity index (χ0v) is 33.0. The van der Waals surface area contributed by atoms with Crippen molar-refractivity contribution in [3.63, 3.8) is 0 Å². The number of benzene rings is 9. The Kier molecular flexibility index (Phi) is 9.67. The number of hydrogen-bond acceptors (Lipinski definition) is 4. The van der Waals surface area contributed by atoms with Crippen LogP contribution in [0.4, 0.5) is 34.1 Å². The molecule has 1 heterocycles. The van der Waals surface area contributed by atoms with Crippen molar-refractivity contribution in [2.75, 3.05) is 9.80 Å². The zero-order valence-electron chi connectivity index (χ0n) is 32.2. The van der Waals surface area contributed by atoms with Crippen molar-refractivity contribution in [1.82, 2.24) is 0 Å². The van der Waals surface area contributed by atoms with E-state index in [-0.39, 0.29) is 5.78 Å². The molecule has 0 saturated heterocycles. The summed E-state index contributed by atoms with van der Waals surface area (Å²) in [6.07, 6.45) is 0. The third kappa shape index (κ3) is 7.23. The van der Waals surface area contributed by atoms with Crippen LogP contribution in [-0.2, 0) is 0 Å². The number of ketones is 1. The van der Waals surface area contributed by atoms with Crippen LogP contribution >= 0.6 is 11.8 Å². The van der Waals surface area contributed by atoms with E-state index in [1.165, 1.54) is 21.2 Å². The van der Waals surface area contributed by atoms with E-state index in [9.17, 15) is 4.79 Å². The molecule has 0 fully saturated rings. The van der Waals surface area contributed by atoms with Gasteiger partial charge in [-0.2, -0.15) is 0 Å². The minimum atomic E-state index is 0.0358. The zero-order chi connectivity index (χ0) is 39.5. The topological polar surface area (TPSA) is 23.6 Å². The van der Waals surface area contributed by atoms with Gasteiger partial charge in [0.25, 0.3) is 0 Å². The predicted octanol–water partition coefficient (Wildman–Crippen LogP) is 15.3. The van der Waals surface area contributed by atoms with Crippen molar-refractivity contribution in [1.29, 1.82) is 0 Å². The first-order valence-corrected chi connectivity index (χ1v) is 20.6. The molecule has 9 aromatic carbocycles. The lowest BCUT2D eigenvalue weighted by atomic mass is 9.96. The van der Waals surface area contributed by atoms with Gasteiger partial charge in [0, 0.05) is 43.7 Å². The van der Waals surface area contributed by atoms with E-state index in [1.807, 2.05) is 66.4 Å². The van der Waals surface area contributed by atoms with Crippen molar-refractivity contribution < 1.29 is 4.79 Å². The van der Waals surface area contributed by atoms with Gasteiger partial charge < -0.3 is 9.80 Å². The molecule has 280 valence electrons. The van der Waals surface area contributed by atoms with Crippen molar-refractivity contribution in [2.24, 2.45) is 0 Å². The Morgan fingerprint density at radius 2 is 0.763 bits per heavy atom. The van der Waals surface area contributed by atoms with Gasteiger partial charge in [0.15, 0.2) is 5.78 Å². The Bertz CT molecular complexity index is 2880. The Hall–Kier alpha value is -7.40. The number of anilines is 6. The van der Waals surface area contributed by atoms with Gasteiger partial charge in [-0.1, -0.05) is 176 Å². The SMILES string of the molecule is O=C(c1ccccc1)c1ccc(-c2ccc(-c3ccc(-c4ccc(N(c5ccccc5)c5ccc6c(c5)Sc5ccccc5N6c5ccccc5)cc4)cc3)cc2)cc1. The highest BCUT2D eigenvalue weighted by Gasteiger charge is 2.26. The molecule has 10 rings (SSSR count). The molecule has 1 aliphatic heterocycles. The van der Waals surface area contributed by atoms with Crippen LogP contribution < -0.4 is 9.80 Å². The molecule has 4 heteroatoms. The van der Waals surface area contributed by atoms with Crippen LogP contribution in [-0.4, -0.2) is 5.78 Å². The maximum atomic E-state index is 12.9. The molecule has 0 spiro atoms. The fraction of sp³-hybridized carbons (Fsp3) is 0. The quantitative estimate of drug-likeness (QED) is 0.136. The summed E-state index contributed by atoms with van der Waals surface area (Å²) >= 11 is 1.82. The maximum Gasteiger partial charge on any atom is 0.193 e. The fourth-order valence-corrected chi connectivity index (χ4v) is 8.94. The molecule has 59 heavy (non-hydrogen) atoms. The second-order valence-electron chi connectivity index (χ2n) is 14.5. The van der Waals surface area contributed by atoms with Gasteiger partial charge in [0.1, 0.15) is 0 Å². The number of nitrogens with zero attached hydrogens (tertiary/aromatic N) is 2. The minimum absolute atomic E-state index is 0.0358. The molecule has 0 saturated carbocycles. The lowest BCUT2D eigenvalue weighted by molar-refractivity contribution is 0.103. The predicted molar refractivity (Wildman–Crippen MR) is 246 cm³/mol. The maximum absolute atomic E-state index is 12.9. The second-order valence-corrected chi connectivity index (χ2v) is 15.6. The summed E-state index contributed by atoms with van der Waals surface area (Å²) in [6.45, 7) is 0. The Balaban J connectivity index is 0.887. The molecule has 0 amide bonds. The number of carbonyl (C=O) groups is 1. The lowest BCUT2D eigenvalue weighted by Crippen LogP contribution is -2.16. The normalized spacial score (nSPS) is 11.7. The van der Waals surface area contributed by atoms with Crippen LogP contribution in [0.1, 0.15) is 15.9 Å². The average Bonchev–Trinajstić information content (AvgIpc) is 3.32. The van der Waals surface area contributed by atoms with Crippen molar-refractivity contribution >= 4 is 51.7 Å². The number of carbonyl (C=O) groups excluding carboxylic acids is 1.